The van der Waals surface area contributed by atoms with Crippen LogP contribution in [0.15, 0.2) is 29.7 Å². The molecule has 0 aliphatic carbocycles. The summed E-state index contributed by atoms with van der Waals surface area (Å²) in [5.41, 5.74) is 2.31. The third-order valence-electron chi connectivity index (χ3n) is 6.84. The zero-order chi connectivity index (χ0) is 22.0. The topological polar surface area (TPSA) is 84.7 Å². The van der Waals surface area contributed by atoms with Crippen molar-refractivity contribution in [2.75, 3.05) is 50.2 Å². The van der Waals surface area contributed by atoms with E-state index in [1.807, 2.05) is 11.0 Å². The first kappa shape index (κ1) is 21.6. The number of aromatic nitrogens is 1. The molecule has 1 aromatic heterocycles. The highest BCUT2D eigenvalue weighted by Crippen LogP contribution is 2.40. The van der Waals surface area contributed by atoms with Gasteiger partial charge in [0.1, 0.15) is 11.6 Å². The van der Waals surface area contributed by atoms with Gasteiger partial charge in [0.2, 0.25) is 0 Å². The maximum Gasteiger partial charge on any atom is 0.266 e. The van der Waals surface area contributed by atoms with Crippen molar-refractivity contribution in [3.8, 4) is 6.07 Å². The normalized spacial score (nSPS) is 22.6. The largest absolute Gasteiger partial charge is 0.380 e. The lowest BCUT2D eigenvalue weighted by Gasteiger charge is -2.42. The first-order valence-corrected chi connectivity index (χ1v) is 11.1. The molecular formula is C23H32N6O2. The molecule has 1 N–H and O–H groups in total. The number of carbonyl (C=O) groups excluding carboxylic acids is 1. The van der Waals surface area contributed by atoms with Gasteiger partial charge in [-0.1, -0.05) is 0 Å². The van der Waals surface area contributed by atoms with Crippen LogP contribution < -0.4 is 10.2 Å². The van der Waals surface area contributed by atoms with Gasteiger partial charge in [-0.3, -0.25) is 14.7 Å². The van der Waals surface area contributed by atoms with E-state index in [9.17, 15) is 10.1 Å². The Morgan fingerprint density at radius 1 is 1.29 bits per heavy atom. The molecule has 2 saturated heterocycles. The van der Waals surface area contributed by atoms with E-state index < -0.39 is 5.54 Å². The monoisotopic (exact) mass is 424 g/mol. The van der Waals surface area contributed by atoms with Crippen LogP contribution in [0.1, 0.15) is 39.5 Å². The molecule has 1 atom stereocenters. The predicted molar refractivity (Wildman–Crippen MR) is 119 cm³/mol. The van der Waals surface area contributed by atoms with Gasteiger partial charge in [0.15, 0.2) is 0 Å². The lowest BCUT2D eigenvalue weighted by molar-refractivity contribution is -0.127. The molecule has 1 aromatic rings. The molecule has 3 aliphatic rings. The molecule has 4 rings (SSSR count). The van der Waals surface area contributed by atoms with Crippen molar-refractivity contribution < 1.29 is 9.53 Å². The van der Waals surface area contributed by atoms with Crippen molar-refractivity contribution >= 4 is 17.3 Å². The van der Waals surface area contributed by atoms with Crippen molar-refractivity contribution in [1.82, 2.24) is 14.8 Å². The Morgan fingerprint density at radius 3 is 2.74 bits per heavy atom. The van der Waals surface area contributed by atoms with E-state index in [-0.39, 0.29) is 17.6 Å². The fourth-order valence-corrected chi connectivity index (χ4v) is 5.01. The van der Waals surface area contributed by atoms with Crippen molar-refractivity contribution in [3.63, 3.8) is 0 Å². The van der Waals surface area contributed by atoms with E-state index in [0.717, 1.165) is 55.8 Å². The number of ether oxygens (including phenoxy) is 1. The molecule has 8 heteroatoms. The minimum absolute atomic E-state index is 0.157. The lowest BCUT2D eigenvalue weighted by Crippen LogP contribution is -2.51. The third-order valence-corrected chi connectivity index (χ3v) is 6.84. The van der Waals surface area contributed by atoms with Crippen LogP contribution in [0.25, 0.3) is 0 Å². The minimum Gasteiger partial charge on any atom is -0.380 e. The van der Waals surface area contributed by atoms with Crippen LogP contribution in [0.2, 0.25) is 0 Å². The predicted octanol–water partition coefficient (Wildman–Crippen LogP) is 2.56. The summed E-state index contributed by atoms with van der Waals surface area (Å²) >= 11 is 0. The van der Waals surface area contributed by atoms with Gasteiger partial charge in [-0.2, -0.15) is 5.26 Å². The molecule has 31 heavy (non-hydrogen) atoms. The molecule has 0 spiro atoms. The van der Waals surface area contributed by atoms with Crippen molar-refractivity contribution in [3.05, 3.63) is 29.7 Å². The van der Waals surface area contributed by atoms with Gasteiger partial charge in [0, 0.05) is 39.5 Å². The van der Waals surface area contributed by atoms with E-state index in [1.165, 1.54) is 0 Å². The molecule has 1 amide bonds. The number of fused-ring (bicyclic) bond motifs is 1. The van der Waals surface area contributed by atoms with Gasteiger partial charge in [-0.05, 0) is 45.6 Å². The highest BCUT2D eigenvalue weighted by molar-refractivity contribution is 5.99. The molecular weight excluding hydrogens is 392 g/mol. The standard InChI is InChI=1S/C23H32N6O2/c1-23(2,28-12-8-17(15-28)31-3)21(29-16-26-19-14-25-9-7-20(19)29)18(13-24)22(30)27-10-5-4-6-11-27/h7,9,14,17,26H,4-6,8,10-12,15-16H2,1-3H3/t17-/m0/s1. The lowest BCUT2D eigenvalue weighted by atomic mass is 9.91. The number of hydrogen-bond donors (Lipinski definition) is 1. The average Bonchev–Trinajstić information content (AvgIpc) is 3.45. The second-order valence-corrected chi connectivity index (χ2v) is 9.00. The number of carbonyl (C=O) groups is 1. The number of likely N-dealkylation sites (tertiary alicyclic amines) is 2. The molecule has 0 saturated carbocycles. The maximum atomic E-state index is 13.6. The number of nitrogens with zero attached hydrogens (tertiary/aromatic N) is 5. The Kier molecular flexibility index (Phi) is 6.17. The van der Waals surface area contributed by atoms with Crippen LogP contribution in [0, 0.1) is 11.3 Å². The first-order valence-electron chi connectivity index (χ1n) is 11.1. The van der Waals surface area contributed by atoms with Crippen molar-refractivity contribution in [1.29, 1.82) is 5.26 Å². The molecule has 166 valence electrons. The zero-order valence-corrected chi connectivity index (χ0v) is 18.7. The van der Waals surface area contributed by atoms with Gasteiger partial charge in [0.05, 0.1) is 41.6 Å². The minimum atomic E-state index is -0.531. The van der Waals surface area contributed by atoms with E-state index in [4.69, 9.17) is 4.74 Å². The summed E-state index contributed by atoms with van der Waals surface area (Å²) in [5, 5.41) is 13.6. The molecule has 0 unspecified atom stereocenters. The quantitative estimate of drug-likeness (QED) is 0.574. The molecule has 0 radical (unpaired) electrons. The summed E-state index contributed by atoms with van der Waals surface area (Å²) in [6.07, 6.45) is 7.75. The average molecular weight is 425 g/mol. The van der Waals surface area contributed by atoms with Gasteiger partial charge < -0.3 is 19.9 Å². The molecule has 3 aliphatic heterocycles. The van der Waals surface area contributed by atoms with Gasteiger partial charge in [-0.15, -0.1) is 0 Å². The van der Waals surface area contributed by atoms with Crippen molar-refractivity contribution in [2.45, 2.75) is 51.2 Å². The second kappa shape index (κ2) is 8.85. The van der Waals surface area contributed by atoms with E-state index in [2.05, 4.69) is 40.0 Å². The fraction of sp³-hybridized carbons (Fsp3) is 0.609. The van der Waals surface area contributed by atoms with Crippen LogP contribution in [-0.4, -0.2) is 72.3 Å². The number of piperidine rings is 1. The third kappa shape index (κ3) is 4.00. The maximum absolute atomic E-state index is 13.6. The molecule has 0 bridgehead atoms. The first-order chi connectivity index (χ1) is 15.0. The summed E-state index contributed by atoms with van der Waals surface area (Å²) in [4.78, 5) is 24.0. The van der Waals surface area contributed by atoms with Crippen LogP contribution in [0.5, 0.6) is 0 Å². The summed E-state index contributed by atoms with van der Waals surface area (Å²) in [7, 11) is 1.74. The number of rotatable bonds is 5. The summed E-state index contributed by atoms with van der Waals surface area (Å²) in [6.45, 7) is 7.78. The number of amides is 1. The highest BCUT2D eigenvalue weighted by Gasteiger charge is 2.43. The molecule has 8 nitrogen and oxygen atoms in total. The zero-order valence-electron chi connectivity index (χ0n) is 18.7. The van der Waals surface area contributed by atoms with E-state index in [1.54, 1.807) is 19.5 Å². The molecule has 2 fully saturated rings. The Hall–Kier alpha value is -2.63. The van der Waals surface area contributed by atoms with Crippen molar-refractivity contribution in [2.24, 2.45) is 0 Å². The van der Waals surface area contributed by atoms with Gasteiger partial charge in [0.25, 0.3) is 5.91 Å². The fourth-order valence-electron chi connectivity index (χ4n) is 5.01. The van der Waals surface area contributed by atoms with Crippen LogP contribution in [-0.2, 0) is 9.53 Å². The van der Waals surface area contributed by atoms with E-state index >= 15 is 0 Å². The number of methoxy groups -OCH3 is 1. The smallest absolute Gasteiger partial charge is 0.266 e. The molecule has 0 aromatic carbocycles. The second-order valence-electron chi connectivity index (χ2n) is 9.00. The van der Waals surface area contributed by atoms with Gasteiger partial charge in [-0.25, -0.2) is 0 Å². The summed E-state index contributed by atoms with van der Waals surface area (Å²) < 4.78 is 5.60. The van der Waals surface area contributed by atoms with Crippen LogP contribution >= 0.6 is 0 Å². The Morgan fingerprint density at radius 2 is 2.06 bits per heavy atom. The number of anilines is 2. The Balaban J connectivity index is 1.80. The molecule has 4 heterocycles. The summed E-state index contributed by atoms with van der Waals surface area (Å²) in [6, 6.07) is 4.25. The van der Waals surface area contributed by atoms with E-state index in [0.29, 0.717) is 19.8 Å². The SMILES string of the molecule is CO[C@H]1CCN(C(C)(C)C(=C(C#N)C(=O)N2CCCCC2)N2CNc3cnccc32)C1. The van der Waals surface area contributed by atoms with Crippen LogP contribution in [0.3, 0.4) is 0 Å². The van der Waals surface area contributed by atoms with Crippen LogP contribution in [0.4, 0.5) is 11.4 Å². The Bertz CT molecular complexity index is 900. The van der Waals surface area contributed by atoms with Gasteiger partial charge >= 0.3 is 0 Å². The summed E-state index contributed by atoms with van der Waals surface area (Å²) in [5.74, 6) is -0.157. The Labute approximate surface area is 184 Å². The highest BCUT2D eigenvalue weighted by atomic mass is 16.5. The number of pyridine rings is 1. The number of nitriles is 1. The number of nitrogens with one attached hydrogen (secondary N) is 1. The number of hydrogen-bond acceptors (Lipinski definition) is 7.